The third-order valence-electron chi connectivity index (χ3n) is 4.26. The normalized spacial score (nSPS) is 11.7. The van der Waals surface area contributed by atoms with Crippen molar-refractivity contribution in [1.29, 1.82) is 0 Å². The van der Waals surface area contributed by atoms with Crippen molar-refractivity contribution in [3.05, 3.63) is 53.6 Å². The summed E-state index contributed by atoms with van der Waals surface area (Å²) >= 11 is 0. The van der Waals surface area contributed by atoms with Crippen molar-refractivity contribution in [3.8, 4) is 5.75 Å². The molecule has 0 saturated heterocycles. The first-order chi connectivity index (χ1) is 13.2. The van der Waals surface area contributed by atoms with Crippen molar-refractivity contribution < 1.29 is 17.9 Å². The number of nitrogens with zero attached hydrogens (tertiary/aromatic N) is 1. The molecule has 7 heteroatoms. The predicted molar refractivity (Wildman–Crippen MR) is 111 cm³/mol. The van der Waals surface area contributed by atoms with E-state index in [2.05, 4.69) is 5.32 Å². The van der Waals surface area contributed by atoms with E-state index in [1.54, 1.807) is 57.2 Å². The van der Waals surface area contributed by atoms with Crippen LogP contribution in [-0.2, 0) is 10.0 Å². The van der Waals surface area contributed by atoms with E-state index in [1.807, 2.05) is 13.8 Å². The van der Waals surface area contributed by atoms with Gasteiger partial charge in [-0.25, -0.2) is 8.42 Å². The Bertz CT molecular complexity index is 918. The van der Waals surface area contributed by atoms with Crippen LogP contribution in [0.2, 0.25) is 0 Å². The molecule has 0 aliphatic heterocycles. The smallest absolute Gasteiger partial charge is 0.255 e. The highest BCUT2D eigenvalue weighted by atomic mass is 32.2. The second-order valence-corrected chi connectivity index (χ2v) is 8.62. The van der Waals surface area contributed by atoms with Gasteiger partial charge in [0.2, 0.25) is 10.0 Å². The standard InChI is InChI=1S/C21H28N2O4S/c1-6-23(7-2)28(25,26)20-14-18(11-8-16(20)5)22-21(24)17-9-12-19(13-10-17)27-15(3)4/h8-15H,6-7H2,1-5H3,(H,22,24). The van der Waals surface area contributed by atoms with E-state index in [9.17, 15) is 13.2 Å². The Morgan fingerprint density at radius 3 is 2.21 bits per heavy atom. The number of anilines is 1. The van der Waals surface area contributed by atoms with Crippen LogP contribution in [0.3, 0.4) is 0 Å². The zero-order valence-electron chi connectivity index (χ0n) is 17.0. The monoisotopic (exact) mass is 404 g/mol. The Kier molecular flexibility index (Phi) is 7.21. The van der Waals surface area contributed by atoms with Gasteiger partial charge in [0.1, 0.15) is 5.75 Å². The Hall–Kier alpha value is -2.38. The molecule has 0 radical (unpaired) electrons. The minimum Gasteiger partial charge on any atom is -0.491 e. The summed E-state index contributed by atoms with van der Waals surface area (Å²) in [6, 6.07) is 11.7. The van der Waals surface area contributed by atoms with Crippen molar-refractivity contribution in [1.82, 2.24) is 4.31 Å². The van der Waals surface area contributed by atoms with Gasteiger partial charge < -0.3 is 10.1 Å². The molecular formula is C21H28N2O4S. The first kappa shape index (κ1) is 21.9. The minimum absolute atomic E-state index is 0.0541. The number of carbonyl (C=O) groups excluding carboxylic acids is 1. The van der Waals surface area contributed by atoms with Crippen LogP contribution in [0.25, 0.3) is 0 Å². The summed E-state index contributed by atoms with van der Waals surface area (Å²) in [7, 11) is -3.61. The molecule has 0 aliphatic carbocycles. The van der Waals surface area contributed by atoms with Gasteiger partial charge in [-0.2, -0.15) is 4.31 Å². The van der Waals surface area contributed by atoms with E-state index in [-0.39, 0.29) is 16.9 Å². The molecule has 0 spiro atoms. The largest absolute Gasteiger partial charge is 0.491 e. The van der Waals surface area contributed by atoms with Crippen molar-refractivity contribution in [3.63, 3.8) is 0 Å². The molecule has 28 heavy (non-hydrogen) atoms. The van der Waals surface area contributed by atoms with Crippen molar-refractivity contribution in [2.75, 3.05) is 18.4 Å². The number of nitrogens with one attached hydrogen (secondary N) is 1. The van der Waals surface area contributed by atoms with Crippen LogP contribution in [0.1, 0.15) is 43.6 Å². The predicted octanol–water partition coefficient (Wildman–Crippen LogP) is 4.07. The lowest BCUT2D eigenvalue weighted by Crippen LogP contribution is -2.31. The maximum Gasteiger partial charge on any atom is 0.255 e. The third-order valence-corrected chi connectivity index (χ3v) is 6.45. The summed E-state index contributed by atoms with van der Waals surface area (Å²) in [5, 5.41) is 2.77. The van der Waals surface area contributed by atoms with Crippen LogP contribution in [-0.4, -0.2) is 37.8 Å². The SMILES string of the molecule is CCN(CC)S(=O)(=O)c1cc(NC(=O)c2ccc(OC(C)C)cc2)ccc1C. The molecule has 0 atom stereocenters. The summed E-state index contributed by atoms with van der Waals surface area (Å²) in [5.41, 5.74) is 1.54. The van der Waals surface area contributed by atoms with Gasteiger partial charge >= 0.3 is 0 Å². The van der Waals surface area contributed by atoms with Crippen molar-refractivity contribution in [2.45, 2.75) is 45.6 Å². The highest BCUT2D eigenvalue weighted by Crippen LogP contribution is 2.24. The number of amides is 1. The van der Waals surface area contributed by atoms with Crippen LogP contribution in [0.4, 0.5) is 5.69 Å². The fraction of sp³-hybridized carbons (Fsp3) is 0.381. The van der Waals surface area contributed by atoms with Gasteiger partial charge in [-0.15, -0.1) is 0 Å². The third kappa shape index (κ3) is 5.11. The minimum atomic E-state index is -3.61. The van der Waals surface area contributed by atoms with Gasteiger partial charge in [0, 0.05) is 24.3 Å². The number of benzene rings is 2. The van der Waals surface area contributed by atoms with E-state index in [0.717, 1.165) is 0 Å². The van der Waals surface area contributed by atoms with Crippen LogP contribution < -0.4 is 10.1 Å². The fourth-order valence-corrected chi connectivity index (χ4v) is 4.53. The Morgan fingerprint density at radius 1 is 1.07 bits per heavy atom. The molecule has 1 amide bonds. The topological polar surface area (TPSA) is 75.7 Å². The molecule has 6 nitrogen and oxygen atoms in total. The number of sulfonamides is 1. The number of hydrogen-bond acceptors (Lipinski definition) is 4. The van der Waals surface area contributed by atoms with Crippen LogP contribution in [0.15, 0.2) is 47.4 Å². The quantitative estimate of drug-likeness (QED) is 0.720. The van der Waals surface area contributed by atoms with Gasteiger partial charge in [-0.1, -0.05) is 19.9 Å². The number of carbonyl (C=O) groups is 1. The maximum absolute atomic E-state index is 12.8. The van der Waals surface area contributed by atoms with E-state index >= 15 is 0 Å². The van der Waals surface area contributed by atoms with Crippen LogP contribution in [0.5, 0.6) is 5.75 Å². The molecule has 2 rings (SSSR count). The second kappa shape index (κ2) is 9.21. The molecule has 0 heterocycles. The van der Waals surface area contributed by atoms with E-state index in [0.29, 0.717) is 35.7 Å². The number of ether oxygens (including phenoxy) is 1. The molecule has 2 aromatic rings. The summed E-state index contributed by atoms with van der Waals surface area (Å²) in [4.78, 5) is 12.7. The summed E-state index contributed by atoms with van der Waals surface area (Å²) in [6.45, 7) is 9.99. The van der Waals surface area contributed by atoms with Crippen LogP contribution in [0, 0.1) is 6.92 Å². The molecule has 0 bridgehead atoms. The summed E-state index contributed by atoms with van der Waals surface area (Å²) in [6.07, 6.45) is 0.0541. The lowest BCUT2D eigenvalue weighted by Gasteiger charge is -2.20. The molecular weight excluding hydrogens is 376 g/mol. The number of hydrogen-bond donors (Lipinski definition) is 1. The summed E-state index contributed by atoms with van der Waals surface area (Å²) < 4.78 is 32.7. The fourth-order valence-electron chi connectivity index (χ4n) is 2.82. The molecule has 0 aromatic heterocycles. The van der Waals surface area contributed by atoms with Gasteiger partial charge in [0.25, 0.3) is 5.91 Å². The number of rotatable bonds is 8. The molecule has 0 fully saturated rings. The molecule has 1 N–H and O–H groups in total. The highest BCUT2D eigenvalue weighted by molar-refractivity contribution is 7.89. The van der Waals surface area contributed by atoms with Crippen molar-refractivity contribution in [2.24, 2.45) is 0 Å². The van der Waals surface area contributed by atoms with E-state index in [4.69, 9.17) is 4.74 Å². The summed E-state index contributed by atoms with van der Waals surface area (Å²) in [5.74, 6) is 0.376. The molecule has 152 valence electrons. The number of aryl methyl sites for hydroxylation is 1. The lowest BCUT2D eigenvalue weighted by atomic mass is 10.2. The second-order valence-electron chi connectivity index (χ2n) is 6.71. The first-order valence-electron chi connectivity index (χ1n) is 9.37. The average Bonchev–Trinajstić information content (AvgIpc) is 2.64. The Labute approximate surface area is 167 Å². The molecule has 0 saturated carbocycles. The molecule has 0 unspecified atom stereocenters. The van der Waals surface area contributed by atoms with Gasteiger partial charge in [-0.05, 0) is 62.7 Å². The van der Waals surface area contributed by atoms with Crippen molar-refractivity contribution >= 4 is 21.6 Å². The highest BCUT2D eigenvalue weighted by Gasteiger charge is 2.24. The van der Waals surface area contributed by atoms with E-state index in [1.165, 1.54) is 10.4 Å². The average molecular weight is 405 g/mol. The van der Waals surface area contributed by atoms with Gasteiger partial charge in [0.15, 0.2) is 0 Å². The lowest BCUT2D eigenvalue weighted by molar-refractivity contribution is 0.102. The van der Waals surface area contributed by atoms with Crippen LogP contribution >= 0.6 is 0 Å². The first-order valence-corrected chi connectivity index (χ1v) is 10.8. The maximum atomic E-state index is 12.8. The van der Waals surface area contributed by atoms with E-state index < -0.39 is 10.0 Å². The zero-order chi connectivity index (χ0) is 20.9. The zero-order valence-corrected chi connectivity index (χ0v) is 17.8. The van der Waals surface area contributed by atoms with Gasteiger partial charge in [-0.3, -0.25) is 4.79 Å². The Morgan fingerprint density at radius 2 is 1.68 bits per heavy atom. The Balaban J connectivity index is 2.24. The molecule has 2 aromatic carbocycles. The van der Waals surface area contributed by atoms with Gasteiger partial charge in [0.05, 0.1) is 11.0 Å². The molecule has 0 aliphatic rings.